The van der Waals surface area contributed by atoms with Crippen LogP contribution in [0.5, 0.6) is 17.2 Å². The number of carbonyl (C=O) groups excluding carboxylic acids is 1. The van der Waals surface area contributed by atoms with Gasteiger partial charge in [-0.05, 0) is 63.3 Å². The first-order valence-electron chi connectivity index (χ1n) is 10.2. The fraction of sp³-hybridized carbons (Fsp3) is 0.435. The van der Waals surface area contributed by atoms with Crippen molar-refractivity contribution in [3.8, 4) is 17.2 Å². The molecule has 10 heteroatoms. The van der Waals surface area contributed by atoms with Crippen LogP contribution in [-0.4, -0.2) is 23.1 Å². The van der Waals surface area contributed by atoms with Crippen molar-refractivity contribution in [3.63, 3.8) is 0 Å². The van der Waals surface area contributed by atoms with Crippen molar-refractivity contribution >= 4 is 11.7 Å². The summed E-state index contributed by atoms with van der Waals surface area (Å²) in [4.78, 5) is 21.5. The number of nitro groups is 1. The lowest BCUT2D eigenvalue weighted by Gasteiger charge is -2.38. The van der Waals surface area contributed by atoms with Crippen LogP contribution in [0, 0.1) is 30.9 Å². The molecule has 0 amide bonds. The third kappa shape index (κ3) is 4.89. The molecule has 2 aromatic rings. The molecule has 178 valence electrons. The summed E-state index contributed by atoms with van der Waals surface area (Å²) in [6.45, 7) is 8.32. The molecule has 0 saturated carbocycles. The van der Waals surface area contributed by atoms with E-state index < -0.39 is 39.7 Å². The number of hydrogen-bond donors (Lipinski definition) is 0. The topological polar surface area (TPSA) is 87.9 Å². The molecule has 7 nitrogen and oxygen atoms in total. The van der Waals surface area contributed by atoms with Crippen LogP contribution in [0.25, 0.3) is 0 Å². The normalized spacial score (nSPS) is 17.7. The van der Waals surface area contributed by atoms with Crippen LogP contribution in [-0.2, 0) is 17.4 Å². The number of fused-ring (bicyclic) bond motifs is 1. The van der Waals surface area contributed by atoms with Crippen LogP contribution in [0.3, 0.4) is 0 Å². The predicted octanol–water partition coefficient (Wildman–Crippen LogP) is 5.63. The molecule has 0 aliphatic carbocycles. The minimum atomic E-state index is -4.82. The molecular formula is C23H24F3NO6. The second-order valence-corrected chi connectivity index (χ2v) is 8.38. The Labute approximate surface area is 188 Å². The van der Waals surface area contributed by atoms with Gasteiger partial charge in [-0.15, -0.1) is 0 Å². The highest BCUT2D eigenvalue weighted by Crippen LogP contribution is 2.44. The summed E-state index contributed by atoms with van der Waals surface area (Å²) in [5.41, 5.74) is 0.327. The number of ether oxygens (including phenoxy) is 3. The minimum absolute atomic E-state index is 0.198. The van der Waals surface area contributed by atoms with Crippen LogP contribution >= 0.6 is 0 Å². The van der Waals surface area contributed by atoms with Gasteiger partial charge in [0, 0.05) is 24.6 Å². The van der Waals surface area contributed by atoms with E-state index in [1.54, 1.807) is 13.8 Å². The molecule has 0 spiro atoms. The van der Waals surface area contributed by atoms with Crippen LogP contribution < -0.4 is 14.2 Å². The second-order valence-electron chi connectivity index (χ2n) is 8.38. The third-order valence-electron chi connectivity index (χ3n) is 5.82. The fourth-order valence-corrected chi connectivity index (χ4v) is 3.89. The van der Waals surface area contributed by atoms with Gasteiger partial charge in [0.15, 0.2) is 0 Å². The van der Waals surface area contributed by atoms with Crippen molar-refractivity contribution in [2.45, 2.75) is 59.2 Å². The van der Waals surface area contributed by atoms with Crippen LogP contribution in [0.2, 0.25) is 0 Å². The molecule has 0 N–H and O–H groups in total. The quantitative estimate of drug-likeness (QED) is 0.245. The summed E-state index contributed by atoms with van der Waals surface area (Å²) in [6, 6.07) is 2.38. The first kappa shape index (κ1) is 24.3. The monoisotopic (exact) mass is 467 g/mol. The average Bonchev–Trinajstić information content (AvgIpc) is 2.72. The summed E-state index contributed by atoms with van der Waals surface area (Å²) in [7, 11) is 0. The Bertz CT molecular complexity index is 1130. The number of carbonyl (C=O) groups is 1. The zero-order chi connectivity index (χ0) is 24.7. The number of halogens is 3. The van der Waals surface area contributed by atoms with Crippen molar-refractivity contribution < 1.29 is 37.1 Å². The maximum Gasteiger partial charge on any atom is 0.420 e. The molecule has 3 rings (SSSR count). The lowest BCUT2D eigenvalue weighted by Crippen LogP contribution is -2.42. The standard InChI is InChI=1S/C23H24F3NO6/c1-12-13(2)21-17(14(3)20(12)32-15(4)28)8-9-22(5,33-21)11-31-19-7-6-16(27(29)30)10-18(19)23(24,25)26/h6-7,10H,8-9,11H2,1-5H3. The van der Waals surface area contributed by atoms with Gasteiger partial charge in [0.1, 0.15) is 35.0 Å². The van der Waals surface area contributed by atoms with E-state index >= 15 is 0 Å². The van der Waals surface area contributed by atoms with Gasteiger partial charge in [-0.1, -0.05) is 0 Å². The number of benzene rings is 2. The van der Waals surface area contributed by atoms with Crippen molar-refractivity contribution in [2.24, 2.45) is 0 Å². The number of esters is 1. The number of alkyl halides is 3. The van der Waals surface area contributed by atoms with E-state index in [0.717, 1.165) is 34.4 Å². The number of hydrogen-bond acceptors (Lipinski definition) is 6. The first-order chi connectivity index (χ1) is 15.2. The molecule has 1 unspecified atom stereocenters. The lowest BCUT2D eigenvalue weighted by molar-refractivity contribution is -0.385. The molecule has 1 aliphatic heterocycles. The Morgan fingerprint density at radius 1 is 1.21 bits per heavy atom. The van der Waals surface area contributed by atoms with Gasteiger partial charge in [-0.2, -0.15) is 13.2 Å². The lowest BCUT2D eigenvalue weighted by atomic mass is 9.87. The molecular weight excluding hydrogens is 443 g/mol. The van der Waals surface area contributed by atoms with Gasteiger partial charge >= 0.3 is 12.1 Å². The SMILES string of the molecule is CC(=O)Oc1c(C)c(C)c2c(c1C)CCC(C)(COc1ccc([N+](=O)[O-])cc1C(F)(F)F)O2. The van der Waals surface area contributed by atoms with E-state index in [-0.39, 0.29) is 6.61 Å². The Balaban J connectivity index is 1.89. The summed E-state index contributed by atoms with van der Waals surface area (Å²) in [5, 5.41) is 10.9. The predicted molar refractivity (Wildman–Crippen MR) is 113 cm³/mol. The first-order valence-corrected chi connectivity index (χ1v) is 10.2. The Morgan fingerprint density at radius 2 is 1.88 bits per heavy atom. The molecule has 0 saturated heterocycles. The number of nitrogens with zero attached hydrogens (tertiary/aromatic N) is 1. The number of nitro benzene ring substituents is 1. The molecule has 0 radical (unpaired) electrons. The smallest absolute Gasteiger partial charge is 0.420 e. The van der Waals surface area contributed by atoms with E-state index in [1.165, 1.54) is 6.92 Å². The summed E-state index contributed by atoms with van der Waals surface area (Å²) in [5.74, 6) is 0.151. The van der Waals surface area contributed by atoms with E-state index in [9.17, 15) is 28.1 Å². The van der Waals surface area contributed by atoms with Crippen LogP contribution in [0.15, 0.2) is 18.2 Å². The summed E-state index contributed by atoms with van der Waals surface area (Å²) >= 11 is 0. The van der Waals surface area contributed by atoms with E-state index in [0.29, 0.717) is 30.4 Å². The summed E-state index contributed by atoms with van der Waals surface area (Å²) < 4.78 is 57.5. The third-order valence-corrected chi connectivity index (χ3v) is 5.82. The zero-order valence-electron chi connectivity index (χ0n) is 18.9. The minimum Gasteiger partial charge on any atom is -0.489 e. The van der Waals surface area contributed by atoms with Crippen LogP contribution in [0.1, 0.15) is 48.1 Å². The molecule has 1 aliphatic rings. The maximum atomic E-state index is 13.5. The van der Waals surface area contributed by atoms with Gasteiger partial charge < -0.3 is 14.2 Å². The van der Waals surface area contributed by atoms with Crippen LogP contribution in [0.4, 0.5) is 18.9 Å². The second kappa shape index (κ2) is 8.57. The average molecular weight is 467 g/mol. The number of rotatable bonds is 5. The van der Waals surface area contributed by atoms with E-state index in [1.807, 2.05) is 13.8 Å². The van der Waals surface area contributed by atoms with Gasteiger partial charge in [0.2, 0.25) is 0 Å². The molecule has 0 fully saturated rings. The highest BCUT2D eigenvalue weighted by atomic mass is 19.4. The van der Waals surface area contributed by atoms with Crippen molar-refractivity contribution in [2.75, 3.05) is 6.61 Å². The highest BCUT2D eigenvalue weighted by molar-refractivity contribution is 5.72. The Kier molecular flexibility index (Phi) is 6.32. The molecule has 1 heterocycles. The Hall–Kier alpha value is -3.30. The molecule has 2 aromatic carbocycles. The van der Waals surface area contributed by atoms with Gasteiger partial charge in [-0.25, -0.2) is 0 Å². The van der Waals surface area contributed by atoms with Gasteiger partial charge in [0.05, 0.1) is 4.92 Å². The largest absolute Gasteiger partial charge is 0.489 e. The number of non-ortho nitro benzene ring substituents is 1. The van der Waals surface area contributed by atoms with E-state index in [4.69, 9.17) is 14.2 Å². The molecule has 0 bridgehead atoms. The van der Waals surface area contributed by atoms with E-state index in [2.05, 4.69) is 0 Å². The maximum absolute atomic E-state index is 13.5. The molecule has 33 heavy (non-hydrogen) atoms. The highest BCUT2D eigenvalue weighted by Gasteiger charge is 2.39. The zero-order valence-corrected chi connectivity index (χ0v) is 18.9. The molecule has 1 atom stereocenters. The van der Waals surface area contributed by atoms with Gasteiger partial charge in [-0.3, -0.25) is 14.9 Å². The van der Waals surface area contributed by atoms with Crippen molar-refractivity contribution in [1.82, 2.24) is 0 Å². The fourth-order valence-electron chi connectivity index (χ4n) is 3.89. The molecule has 0 aromatic heterocycles. The van der Waals surface area contributed by atoms with Gasteiger partial charge in [0.25, 0.3) is 5.69 Å². The van der Waals surface area contributed by atoms with Crippen molar-refractivity contribution in [1.29, 1.82) is 0 Å². The summed E-state index contributed by atoms with van der Waals surface area (Å²) in [6.07, 6.45) is -3.83. The van der Waals surface area contributed by atoms with Crippen molar-refractivity contribution in [3.05, 3.63) is 56.1 Å². The Morgan fingerprint density at radius 3 is 2.45 bits per heavy atom.